The van der Waals surface area contributed by atoms with E-state index in [4.69, 9.17) is 4.74 Å². The molecule has 1 aliphatic heterocycles. The van der Waals surface area contributed by atoms with Crippen LogP contribution in [0.4, 0.5) is 0 Å². The van der Waals surface area contributed by atoms with Gasteiger partial charge in [0.2, 0.25) is 0 Å². The van der Waals surface area contributed by atoms with Crippen LogP contribution in [0.3, 0.4) is 0 Å². The third-order valence-corrected chi connectivity index (χ3v) is 4.89. The van der Waals surface area contributed by atoms with Crippen LogP contribution >= 0.6 is 0 Å². The van der Waals surface area contributed by atoms with Gasteiger partial charge >= 0.3 is 5.97 Å². The summed E-state index contributed by atoms with van der Waals surface area (Å²) in [5.41, 5.74) is -0.175. The molecule has 0 aromatic heterocycles. The number of hydrogen-bond acceptors (Lipinski definition) is 4. The predicted molar refractivity (Wildman–Crippen MR) is 94.4 cm³/mol. The van der Waals surface area contributed by atoms with Crippen LogP contribution in [0.15, 0.2) is 25.0 Å². The standard InChI is InChI=1S/C19H33NO3/c1-6-18(22)23-17-13-15(2)20(14-17)12-10-8-7-9-11-19(4,5)16(3)21/h6,15,17,21H,1,3,7-14H2,2,4-5H3. The van der Waals surface area contributed by atoms with Crippen LogP contribution in [-0.4, -0.2) is 41.2 Å². The Labute approximate surface area is 141 Å². The first-order chi connectivity index (χ1) is 10.8. The third-order valence-electron chi connectivity index (χ3n) is 4.89. The Bertz CT molecular complexity index is 417. The summed E-state index contributed by atoms with van der Waals surface area (Å²) >= 11 is 0. The maximum absolute atomic E-state index is 11.3. The predicted octanol–water partition coefficient (Wildman–Crippen LogP) is 4.23. The molecule has 0 aromatic rings. The Kier molecular flexibility index (Phi) is 7.83. The molecule has 23 heavy (non-hydrogen) atoms. The van der Waals surface area contributed by atoms with E-state index in [2.05, 4.69) is 25.0 Å². The first-order valence-corrected chi connectivity index (χ1v) is 8.71. The molecule has 1 N–H and O–H groups in total. The second kappa shape index (κ2) is 9.11. The van der Waals surface area contributed by atoms with E-state index in [1.165, 1.54) is 18.9 Å². The van der Waals surface area contributed by atoms with Crippen molar-refractivity contribution in [2.24, 2.45) is 5.41 Å². The average Bonchev–Trinajstić information content (AvgIpc) is 2.82. The lowest BCUT2D eigenvalue weighted by Crippen LogP contribution is -2.29. The number of likely N-dealkylation sites (tertiary alicyclic amines) is 1. The normalized spacial score (nSPS) is 22.0. The summed E-state index contributed by atoms with van der Waals surface area (Å²) in [5, 5.41) is 9.52. The largest absolute Gasteiger partial charge is 0.512 e. The molecule has 1 heterocycles. The van der Waals surface area contributed by atoms with Gasteiger partial charge in [0.1, 0.15) is 6.10 Å². The van der Waals surface area contributed by atoms with Crippen molar-refractivity contribution < 1.29 is 14.6 Å². The molecular formula is C19H33NO3. The molecule has 0 radical (unpaired) electrons. The van der Waals surface area contributed by atoms with Crippen LogP contribution in [0.2, 0.25) is 0 Å². The molecule has 132 valence electrons. The van der Waals surface area contributed by atoms with Gasteiger partial charge in [-0.05, 0) is 26.3 Å². The summed E-state index contributed by atoms with van der Waals surface area (Å²) in [7, 11) is 0. The van der Waals surface area contributed by atoms with Gasteiger partial charge < -0.3 is 9.84 Å². The summed E-state index contributed by atoms with van der Waals surface area (Å²) in [4.78, 5) is 13.7. The smallest absolute Gasteiger partial charge is 0.330 e. The minimum Gasteiger partial charge on any atom is -0.512 e. The number of ether oxygens (including phenoxy) is 1. The highest BCUT2D eigenvalue weighted by Crippen LogP contribution is 2.29. The van der Waals surface area contributed by atoms with E-state index in [1.54, 1.807) is 0 Å². The number of unbranched alkanes of at least 4 members (excludes halogenated alkanes) is 3. The number of aliphatic hydroxyl groups is 1. The van der Waals surface area contributed by atoms with Gasteiger partial charge in [-0.3, -0.25) is 4.90 Å². The van der Waals surface area contributed by atoms with Crippen molar-refractivity contribution in [1.82, 2.24) is 4.90 Å². The van der Waals surface area contributed by atoms with Crippen molar-refractivity contribution in [1.29, 1.82) is 0 Å². The van der Waals surface area contributed by atoms with Gasteiger partial charge in [-0.2, -0.15) is 0 Å². The molecule has 1 fully saturated rings. The van der Waals surface area contributed by atoms with Crippen LogP contribution in [0, 0.1) is 5.41 Å². The Morgan fingerprint density at radius 1 is 1.35 bits per heavy atom. The number of esters is 1. The van der Waals surface area contributed by atoms with E-state index in [0.717, 1.165) is 38.8 Å². The molecule has 4 nitrogen and oxygen atoms in total. The molecular weight excluding hydrogens is 290 g/mol. The molecule has 0 saturated carbocycles. The summed E-state index contributed by atoms with van der Waals surface area (Å²) < 4.78 is 5.34. The van der Waals surface area contributed by atoms with Crippen LogP contribution in [0.1, 0.15) is 59.3 Å². The van der Waals surface area contributed by atoms with Crippen LogP contribution < -0.4 is 0 Å². The van der Waals surface area contributed by atoms with Gasteiger partial charge in [-0.1, -0.05) is 46.3 Å². The minimum absolute atomic E-state index is 0.00636. The fourth-order valence-corrected chi connectivity index (χ4v) is 3.03. The van der Waals surface area contributed by atoms with Crippen molar-refractivity contribution in [3.63, 3.8) is 0 Å². The topological polar surface area (TPSA) is 49.8 Å². The minimum atomic E-state index is -0.322. The molecule has 0 bridgehead atoms. The molecule has 1 saturated heterocycles. The van der Waals surface area contributed by atoms with Crippen molar-refractivity contribution in [3.8, 4) is 0 Å². The number of rotatable bonds is 10. The van der Waals surface area contributed by atoms with E-state index in [0.29, 0.717) is 6.04 Å². The van der Waals surface area contributed by atoms with E-state index >= 15 is 0 Å². The molecule has 2 atom stereocenters. The molecule has 0 aliphatic carbocycles. The number of aliphatic hydroxyl groups excluding tert-OH is 1. The van der Waals surface area contributed by atoms with Crippen LogP contribution in [0.25, 0.3) is 0 Å². The highest BCUT2D eigenvalue weighted by molar-refractivity contribution is 5.81. The maximum Gasteiger partial charge on any atom is 0.330 e. The van der Waals surface area contributed by atoms with Gasteiger partial charge in [0.15, 0.2) is 0 Å². The Morgan fingerprint density at radius 3 is 2.61 bits per heavy atom. The summed E-state index contributed by atoms with van der Waals surface area (Å²) in [5.74, 6) is -0.0411. The van der Waals surface area contributed by atoms with Gasteiger partial charge in [-0.15, -0.1) is 0 Å². The fourth-order valence-electron chi connectivity index (χ4n) is 3.03. The number of nitrogens with zero attached hydrogens (tertiary/aromatic N) is 1. The van der Waals surface area contributed by atoms with E-state index in [1.807, 2.05) is 13.8 Å². The summed E-state index contributed by atoms with van der Waals surface area (Å²) in [6, 6.07) is 0.467. The number of carbonyl (C=O) groups excluding carboxylic acids is 1. The molecule has 2 unspecified atom stereocenters. The molecule has 0 aromatic carbocycles. The second-order valence-corrected chi connectivity index (χ2v) is 7.34. The molecule has 0 amide bonds. The van der Waals surface area contributed by atoms with Crippen molar-refractivity contribution >= 4 is 5.97 Å². The SMILES string of the molecule is C=CC(=O)OC1CC(C)N(CCCCCCC(C)(C)C(=C)O)C1. The van der Waals surface area contributed by atoms with Crippen molar-refractivity contribution in [3.05, 3.63) is 25.0 Å². The summed E-state index contributed by atoms with van der Waals surface area (Å²) in [6.45, 7) is 15.2. The molecule has 4 heteroatoms. The van der Waals surface area contributed by atoms with Gasteiger partial charge in [0, 0.05) is 30.5 Å². The average molecular weight is 323 g/mol. The zero-order valence-corrected chi connectivity index (χ0v) is 15.0. The number of carbonyl (C=O) groups is 1. The highest BCUT2D eigenvalue weighted by Gasteiger charge is 2.30. The monoisotopic (exact) mass is 323 g/mol. The zero-order valence-electron chi connectivity index (χ0n) is 15.0. The lowest BCUT2D eigenvalue weighted by Gasteiger charge is -2.23. The van der Waals surface area contributed by atoms with E-state index < -0.39 is 0 Å². The van der Waals surface area contributed by atoms with Crippen molar-refractivity contribution in [2.75, 3.05) is 13.1 Å². The second-order valence-electron chi connectivity index (χ2n) is 7.34. The maximum atomic E-state index is 11.3. The molecule has 0 spiro atoms. The Balaban J connectivity index is 2.15. The first-order valence-electron chi connectivity index (χ1n) is 8.71. The number of allylic oxidation sites excluding steroid dienone is 1. The fraction of sp³-hybridized carbons (Fsp3) is 0.737. The van der Waals surface area contributed by atoms with Gasteiger partial charge in [0.05, 0.1) is 5.76 Å². The van der Waals surface area contributed by atoms with Crippen LogP contribution in [0.5, 0.6) is 0 Å². The lowest BCUT2D eigenvalue weighted by atomic mass is 9.85. The van der Waals surface area contributed by atoms with Gasteiger partial charge in [0.25, 0.3) is 0 Å². The highest BCUT2D eigenvalue weighted by atomic mass is 16.5. The molecule has 1 rings (SSSR count). The lowest BCUT2D eigenvalue weighted by molar-refractivity contribution is -0.142. The van der Waals surface area contributed by atoms with Gasteiger partial charge in [-0.25, -0.2) is 4.79 Å². The number of hydrogen-bond donors (Lipinski definition) is 1. The summed E-state index contributed by atoms with van der Waals surface area (Å²) in [6.07, 6.45) is 7.76. The van der Waals surface area contributed by atoms with Crippen LogP contribution in [-0.2, 0) is 9.53 Å². The Morgan fingerprint density at radius 2 is 2.00 bits per heavy atom. The third kappa shape index (κ3) is 6.78. The molecule has 1 aliphatic rings. The Hall–Kier alpha value is -1.29. The van der Waals surface area contributed by atoms with E-state index in [-0.39, 0.29) is 23.2 Å². The van der Waals surface area contributed by atoms with Crippen molar-refractivity contribution in [2.45, 2.75) is 71.4 Å². The van der Waals surface area contributed by atoms with E-state index in [9.17, 15) is 9.90 Å². The zero-order chi connectivity index (χ0) is 17.5. The first kappa shape index (κ1) is 19.8. The quantitative estimate of drug-likeness (QED) is 0.283.